The van der Waals surface area contributed by atoms with E-state index in [-0.39, 0.29) is 15.7 Å². The fourth-order valence-electron chi connectivity index (χ4n) is 1.55. The third kappa shape index (κ3) is 3.90. The van der Waals surface area contributed by atoms with Crippen LogP contribution in [0.5, 0.6) is 0 Å². The maximum absolute atomic E-state index is 12.0. The zero-order valence-electron chi connectivity index (χ0n) is 10.7. The Bertz CT molecular complexity index is 720. The molecule has 0 aliphatic rings. The molecule has 1 atom stereocenters. The normalized spacial score (nSPS) is 11.4. The number of aromatic nitrogens is 1. The van der Waals surface area contributed by atoms with Crippen molar-refractivity contribution < 1.29 is 9.53 Å². The lowest BCUT2D eigenvalue weighted by Gasteiger charge is -2.15. The molecule has 0 amide bonds. The summed E-state index contributed by atoms with van der Waals surface area (Å²) in [5, 5.41) is 2.49. The van der Waals surface area contributed by atoms with Crippen LogP contribution in [0.15, 0.2) is 23.0 Å². The molecule has 3 nitrogen and oxygen atoms in total. The van der Waals surface area contributed by atoms with Gasteiger partial charge in [0.05, 0.1) is 15.6 Å². The summed E-state index contributed by atoms with van der Waals surface area (Å²) < 4.78 is 5.34. The fraction of sp³-hybridized carbons (Fsp3) is 0.143. The molecule has 0 N–H and O–H groups in total. The highest BCUT2D eigenvalue weighted by molar-refractivity contribution is 7.07. The van der Waals surface area contributed by atoms with Crippen LogP contribution in [0.25, 0.3) is 0 Å². The molecule has 0 fully saturated rings. The molecule has 0 aliphatic heterocycles. The van der Waals surface area contributed by atoms with Gasteiger partial charge in [-0.1, -0.05) is 40.7 Å². The Labute approximate surface area is 140 Å². The number of nitrogens with zero attached hydrogens (tertiary/aromatic N) is 1. The predicted octanol–water partition coefficient (Wildman–Crippen LogP) is 5.02. The van der Waals surface area contributed by atoms with E-state index in [1.54, 1.807) is 23.9 Å². The number of hydrogen-bond donors (Lipinski definition) is 0. The van der Waals surface area contributed by atoms with Crippen LogP contribution in [0.3, 0.4) is 0 Å². The van der Waals surface area contributed by atoms with E-state index in [2.05, 4.69) is 16.8 Å². The lowest BCUT2D eigenvalue weighted by molar-refractivity contribution is 0.0402. The maximum atomic E-state index is 12.0. The monoisotopic (exact) mass is 359 g/mol. The minimum atomic E-state index is -0.868. The second kappa shape index (κ2) is 7.15. The molecule has 108 valence electrons. The minimum Gasteiger partial charge on any atom is -0.439 e. The standard InChI is InChI=1S/C14H8Cl3NO2S/c1-2-3-12(20-14(19)11-6-21-7-18-11)9-4-8(15)5-10(16)13(9)17/h4-7,12H,1H3. The van der Waals surface area contributed by atoms with E-state index >= 15 is 0 Å². The molecule has 0 bridgehead atoms. The summed E-state index contributed by atoms with van der Waals surface area (Å²) in [5.74, 6) is 4.87. The van der Waals surface area contributed by atoms with Gasteiger partial charge in [-0.2, -0.15) is 0 Å². The summed E-state index contributed by atoms with van der Waals surface area (Å²) in [7, 11) is 0. The lowest BCUT2D eigenvalue weighted by Crippen LogP contribution is -2.11. The van der Waals surface area contributed by atoms with Gasteiger partial charge in [0.15, 0.2) is 11.8 Å². The van der Waals surface area contributed by atoms with Gasteiger partial charge in [-0.25, -0.2) is 9.78 Å². The molecule has 21 heavy (non-hydrogen) atoms. The number of halogens is 3. The van der Waals surface area contributed by atoms with Crippen LogP contribution in [-0.4, -0.2) is 11.0 Å². The summed E-state index contributed by atoms with van der Waals surface area (Å²) in [6, 6.07) is 3.08. The smallest absolute Gasteiger partial charge is 0.359 e. The van der Waals surface area contributed by atoms with Crippen LogP contribution in [0.2, 0.25) is 15.1 Å². The van der Waals surface area contributed by atoms with Gasteiger partial charge in [-0.3, -0.25) is 0 Å². The first-order chi connectivity index (χ1) is 10.0. The van der Waals surface area contributed by atoms with Crippen LogP contribution >= 0.6 is 46.1 Å². The fourth-order valence-corrected chi connectivity index (χ4v) is 2.79. The van der Waals surface area contributed by atoms with Gasteiger partial charge in [0.1, 0.15) is 0 Å². The number of hydrogen-bond acceptors (Lipinski definition) is 4. The number of carbonyl (C=O) groups excluding carboxylic acids is 1. The molecule has 1 heterocycles. The van der Waals surface area contributed by atoms with Crippen molar-refractivity contribution in [3.63, 3.8) is 0 Å². The lowest BCUT2D eigenvalue weighted by atomic mass is 10.1. The molecule has 0 saturated heterocycles. The summed E-state index contributed by atoms with van der Waals surface area (Å²) in [6.07, 6.45) is -0.868. The molecule has 2 rings (SSSR count). The molecule has 0 radical (unpaired) electrons. The summed E-state index contributed by atoms with van der Waals surface area (Å²) in [6.45, 7) is 1.63. The largest absolute Gasteiger partial charge is 0.439 e. The molecule has 0 saturated carbocycles. The summed E-state index contributed by atoms with van der Waals surface area (Å²) in [5.41, 5.74) is 2.19. The van der Waals surface area contributed by atoms with Gasteiger partial charge in [0, 0.05) is 16.0 Å². The van der Waals surface area contributed by atoms with Crippen molar-refractivity contribution in [2.45, 2.75) is 13.0 Å². The topological polar surface area (TPSA) is 39.2 Å². The van der Waals surface area contributed by atoms with Crippen molar-refractivity contribution in [2.75, 3.05) is 0 Å². The van der Waals surface area contributed by atoms with Crippen molar-refractivity contribution >= 4 is 52.1 Å². The average molecular weight is 361 g/mol. The van der Waals surface area contributed by atoms with Crippen molar-refractivity contribution in [3.8, 4) is 11.8 Å². The molecule has 1 aromatic carbocycles. The average Bonchev–Trinajstić information content (AvgIpc) is 2.96. The van der Waals surface area contributed by atoms with E-state index in [1.165, 1.54) is 17.4 Å². The molecule has 1 unspecified atom stereocenters. The first-order valence-corrected chi connectivity index (χ1v) is 7.76. The third-order valence-corrected chi connectivity index (χ3v) is 4.07. The number of rotatable bonds is 3. The highest BCUT2D eigenvalue weighted by atomic mass is 35.5. The third-order valence-electron chi connectivity index (χ3n) is 2.45. The highest BCUT2D eigenvalue weighted by Gasteiger charge is 2.21. The molecule has 7 heteroatoms. The Morgan fingerprint density at radius 3 is 2.76 bits per heavy atom. The maximum Gasteiger partial charge on any atom is 0.359 e. The number of benzene rings is 1. The Kier molecular flexibility index (Phi) is 5.49. The van der Waals surface area contributed by atoms with Crippen LogP contribution in [0.1, 0.15) is 29.1 Å². The number of esters is 1. The van der Waals surface area contributed by atoms with Gasteiger partial charge in [-0.15, -0.1) is 17.3 Å². The van der Waals surface area contributed by atoms with Crippen molar-refractivity contribution in [1.29, 1.82) is 0 Å². The molecular weight excluding hydrogens is 353 g/mol. The first-order valence-electron chi connectivity index (χ1n) is 5.68. The second-order valence-corrected chi connectivity index (χ2v) is 5.78. The Hall–Kier alpha value is -1.25. The van der Waals surface area contributed by atoms with Gasteiger partial charge >= 0.3 is 5.97 Å². The predicted molar refractivity (Wildman–Crippen MR) is 85.2 cm³/mol. The van der Waals surface area contributed by atoms with Crippen LogP contribution < -0.4 is 0 Å². The molecular formula is C14H8Cl3NO2S. The summed E-state index contributed by atoms with van der Waals surface area (Å²) >= 11 is 19.4. The molecule has 0 aliphatic carbocycles. The molecule has 2 aromatic rings. The van der Waals surface area contributed by atoms with Gasteiger partial charge in [-0.05, 0) is 19.1 Å². The zero-order chi connectivity index (χ0) is 15.4. The first kappa shape index (κ1) is 16.1. The van der Waals surface area contributed by atoms with Gasteiger partial charge < -0.3 is 4.74 Å². The summed E-state index contributed by atoms with van der Waals surface area (Å²) in [4.78, 5) is 15.9. The molecule has 0 spiro atoms. The van der Waals surface area contributed by atoms with Crippen LogP contribution in [0.4, 0.5) is 0 Å². The van der Waals surface area contributed by atoms with E-state index in [0.29, 0.717) is 10.6 Å². The van der Waals surface area contributed by atoms with Gasteiger partial charge in [0.25, 0.3) is 0 Å². The second-order valence-electron chi connectivity index (χ2n) is 3.84. The number of ether oxygens (including phenoxy) is 1. The van der Waals surface area contributed by atoms with Crippen molar-refractivity contribution in [3.05, 3.63) is 49.3 Å². The Morgan fingerprint density at radius 1 is 1.38 bits per heavy atom. The quantitative estimate of drug-likeness (QED) is 0.438. The zero-order valence-corrected chi connectivity index (χ0v) is 13.8. The highest BCUT2D eigenvalue weighted by Crippen LogP contribution is 2.35. The number of carbonyl (C=O) groups is 1. The van der Waals surface area contributed by atoms with Crippen LogP contribution in [-0.2, 0) is 4.74 Å². The van der Waals surface area contributed by atoms with E-state index in [1.807, 2.05) is 0 Å². The Morgan fingerprint density at radius 2 is 2.14 bits per heavy atom. The van der Waals surface area contributed by atoms with E-state index in [0.717, 1.165) is 0 Å². The minimum absolute atomic E-state index is 0.215. The molecule has 1 aromatic heterocycles. The van der Waals surface area contributed by atoms with Gasteiger partial charge in [0.2, 0.25) is 0 Å². The number of thiazole rings is 1. The van der Waals surface area contributed by atoms with E-state index in [9.17, 15) is 4.79 Å². The SMILES string of the molecule is CC#CC(OC(=O)c1cscn1)c1cc(Cl)cc(Cl)c1Cl. The Balaban J connectivity index is 2.35. The van der Waals surface area contributed by atoms with Crippen molar-refractivity contribution in [1.82, 2.24) is 4.98 Å². The van der Waals surface area contributed by atoms with E-state index < -0.39 is 12.1 Å². The van der Waals surface area contributed by atoms with Crippen LogP contribution in [0, 0.1) is 11.8 Å². The van der Waals surface area contributed by atoms with E-state index in [4.69, 9.17) is 39.5 Å². The van der Waals surface area contributed by atoms with Crippen molar-refractivity contribution in [2.24, 2.45) is 0 Å².